The Hall–Kier alpha value is -2.36. The zero-order valence-corrected chi connectivity index (χ0v) is 11.7. The van der Waals surface area contributed by atoms with Crippen LogP contribution in [0.1, 0.15) is 23.0 Å². The van der Waals surface area contributed by atoms with E-state index in [1.54, 1.807) is 12.3 Å². The van der Waals surface area contributed by atoms with Crippen LogP contribution in [0.2, 0.25) is 0 Å². The molecule has 4 nitrogen and oxygen atoms in total. The number of anilines is 1. The molecule has 0 N–H and O–H groups in total. The highest BCUT2D eigenvalue weighted by Gasteiger charge is 2.08. The predicted octanol–water partition coefficient (Wildman–Crippen LogP) is 2.89. The number of methoxy groups -OCH3 is 1. The first kappa shape index (κ1) is 14.1. The van der Waals surface area contributed by atoms with E-state index in [0.29, 0.717) is 12.1 Å². The Labute approximate surface area is 119 Å². The molecule has 0 aliphatic heterocycles. The Morgan fingerprint density at radius 1 is 1.20 bits per heavy atom. The van der Waals surface area contributed by atoms with Crippen LogP contribution in [0.15, 0.2) is 48.7 Å². The Bertz CT molecular complexity index is 552. The van der Waals surface area contributed by atoms with E-state index < -0.39 is 0 Å². The number of pyridine rings is 1. The molecule has 0 bridgehead atoms. The first-order valence-electron chi connectivity index (χ1n) is 6.58. The molecule has 0 radical (unpaired) electrons. The van der Waals surface area contributed by atoms with Gasteiger partial charge in [-0.2, -0.15) is 0 Å². The molecule has 0 amide bonds. The number of benzene rings is 1. The largest absolute Gasteiger partial charge is 0.465 e. The molecule has 0 fully saturated rings. The van der Waals surface area contributed by atoms with Crippen LogP contribution in [0.3, 0.4) is 0 Å². The van der Waals surface area contributed by atoms with E-state index in [-0.39, 0.29) is 5.97 Å². The topological polar surface area (TPSA) is 42.4 Å². The lowest BCUT2D eigenvalue weighted by atomic mass is 10.2. The van der Waals surface area contributed by atoms with Gasteiger partial charge in [0.05, 0.1) is 24.9 Å². The van der Waals surface area contributed by atoms with E-state index in [0.717, 1.165) is 17.9 Å². The number of nitrogens with zero attached hydrogens (tertiary/aromatic N) is 2. The van der Waals surface area contributed by atoms with Crippen molar-refractivity contribution >= 4 is 11.7 Å². The monoisotopic (exact) mass is 270 g/mol. The zero-order chi connectivity index (χ0) is 14.4. The lowest BCUT2D eigenvalue weighted by Crippen LogP contribution is -2.22. The van der Waals surface area contributed by atoms with Gasteiger partial charge in [0, 0.05) is 18.4 Å². The maximum absolute atomic E-state index is 11.4. The van der Waals surface area contributed by atoms with Crippen LogP contribution in [-0.4, -0.2) is 24.6 Å². The summed E-state index contributed by atoms with van der Waals surface area (Å²) in [6.07, 6.45) is 1.56. The van der Waals surface area contributed by atoms with Gasteiger partial charge >= 0.3 is 5.97 Å². The molecule has 0 atom stereocenters. The quantitative estimate of drug-likeness (QED) is 0.783. The number of esters is 1. The molecule has 0 saturated carbocycles. The summed E-state index contributed by atoms with van der Waals surface area (Å²) in [5.41, 5.74) is 2.55. The van der Waals surface area contributed by atoms with Gasteiger partial charge in [-0.05, 0) is 31.2 Å². The van der Waals surface area contributed by atoms with Gasteiger partial charge in [-0.1, -0.05) is 18.2 Å². The molecule has 2 aromatic rings. The maximum atomic E-state index is 11.4. The van der Waals surface area contributed by atoms with Gasteiger partial charge in [-0.25, -0.2) is 4.79 Å². The summed E-state index contributed by atoms with van der Waals surface area (Å²) in [6.45, 7) is 3.71. The SMILES string of the molecule is CCN(Cc1ccc(C(=O)OC)cn1)c1ccccc1. The van der Waals surface area contributed by atoms with E-state index >= 15 is 0 Å². The summed E-state index contributed by atoms with van der Waals surface area (Å²) in [5, 5.41) is 0. The summed E-state index contributed by atoms with van der Waals surface area (Å²) < 4.78 is 4.66. The highest BCUT2D eigenvalue weighted by atomic mass is 16.5. The van der Waals surface area contributed by atoms with Crippen LogP contribution in [0, 0.1) is 0 Å². The predicted molar refractivity (Wildman–Crippen MR) is 78.7 cm³/mol. The summed E-state index contributed by atoms with van der Waals surface area (Å²) in [7, 11) is 1.37. The number of rotatable bonds is 5. The molecular weight excluding hydrogens is 252 g/mol. The Morgan fingerprint density at radius 2 is 1.95 bits per heavy atom. The van der Waals surface area contributed by atoms with Gasteiger partial charge < -0.3 is 9.64 Å². The molecule has 0 spiro atoms. The summed E-state index contributed by atoms with van der Waals surface area (Å²) in [4.78, 5) is 17.9. The van der Waals surface area contributed by atoms with Gasteiger partial charge in [0.1, 0.15) is 0 Å². The maximum Gasteiger partial charge on any atom is 0.339 e. The van der Waals surface area contributed by atoms with Crippen molar-refractivity contribution < 1.29 is 9.53 Å². The van der Waals surface area contributed by atoms with Crippen LogP contribution in [0.25, 0.3) is 0 Å². The summed E-state index contributed by atoms with van der Waals surface area (Å²) in [5.74, 6) is -0.362. The first-order valence-corrected chi connectivity index (χ1v) is 6.58. The van der Waals surface area contributed by atoms with E-state index in [4.69, 9.17) is 0 Å². The third-order valence-electron chi connectivity index (χ3n) is 3.10. The molecular formula is C16H18N2O2. The molecule has 0 aliphatic rings. The normalized spacial score (nSPS) is 10.1. The minimum atomic E-state index is -0.362. The number of carbonyl (C=O) groups excluding carboxylic acids is 1. The molecule has 1 heterocycles. The second-order valence-electron chi connectivity index (χ2n) is 4.38. The fraction of sp³-hybridized carbons (Fsp3) is 0.250. The van der Waals surface area contributed by atoms with Crippen molar-refractivity contribution in [2.24, 2.45) is 0 Å². The lowest BCUT2D eigenvalue weighted by Gasteiger charge is -2.22. The van der Waals surface area contributed by atoms with E-state index in [9.17, 15) is 4.79 Å². The second-order valence-corrected chi connectivity index (χ2v) is 4.38. The van der Waals surface area contributed by atoms with Gasteiger partial charge in [0.25, 0.3) is 0 Å². The third-order valence-corrected chi connectivity index (χ3v) is 3.10. The Morgan fingerprint density at radius 3 is 2.50 bits per heavy atom. The highest BCUT2D eigenvalue weighted by Crippen LogP contribution is 2.15. The van der Waals surface area contributed by atoms with Crippen molar-refractivity contribution in [3.8, 4) is 0 Å². The first-order chi connectivity index (χ1) is 9.74. The zero-order valence-electron chi connectivity index (χ0n) is 11.7. The number of hydrogen-bond donors (Lipinski definition) is 0. The van der Waals surface area contributed by atoms with Gasteiger partial charge in [-0.3, -0.25) is 4.98 Å². The van der Waals surface area contributed by atoms with Crippen LogP contribution in [0.4, 0.5) is 5.69 Å². The van der Waals surface area contributed by atoms with Crippen molar-refractivity contribution in [2.75, 3.05) is 18.6 Å². The Balaban J connectivity index is 2.10. The van der Waals surface area contributed by atoms with E-state index in [1.165, 1.54) is 7.11 Å². The van der Waals surface area contributed by atoms with Crippen LogP contribution < -0.4 is 4.90 Å². The molecule has 2 rings (SSSR count). The average molecular weight is 270 g/mol. The van der Waals surface area contributed by atoms with Crippen molar-refractivity contribution in [1.29, 1.82) is 0 Å². The van der Waals surface area contributed by atoms with Gasteiger partial charge in [0.2, 0.25) is 0 Å². The summed E-state index contributed by atoms with van der Waals surface area (Å²) in [6, 6.07) is 13.8. The van der Waals surface area contributed by atoms with Crippen LogP contribution >= 0.6 is 0 Å². The molecule has 1 aromatic carbocycles. The summed E-state index contributed by atoms with van der Waals surface area (Å²) >= 11 is 0. The number of ether oxygens (including phenoxy) is 1. The second kappa shape index (κ2) is 6.70. The van der Waals surface area contributed by atoms with E-state index in [2.05, 4.69) is 33.7 Å². The smallest absolute Gasteiger partial charge is 0.339 e. The van der Waals surface area contributed by atoms with Crippen molar-refractivity contribution in [2.45, 2.75) is 13.5 Å². The van der Waals surface area contributed by atoms with Crippen molar-refractivity contribution in [3.05, 3.63) is 59.9 Å². The number of hydrogen-bond acceptors (Lipinski definition) is 4. The number of aromatic nitrogens is 1. The fourth-order valence-electron chi connectivity index (χ4n) is 1.98. The fourth-order valence-corrected chi connectivity index (χ4v) is 1.98. The standard InChI is InChI=1S/C16H18N2O2/c1-3-18(15-7-5-4-6-8-15)12-14-10-9-13(11-17-14)16(19)20-2/h4-11H,3,12H2,1-2H3. The van der Waals surface area contributed by atoms with Crippen LogP contribution in [-0.2, 0) is 11.3 Å². The molecule has 1 aromatic heterocycles. The number of para-hydroxylation sites is 1. The molecule has 20 heavy (non-hydrogen) atoms. The molecule has 104 valence electrons. The van der Waals surface area contributed by atoms with Crippen LogP contribution in [0.5, 0.6) is 0 Å². The van der Waals surface area contributed by atoms with Crippen molar-refractivity contribution in [1.82, 2.24) is 4.98 Å². The minimum absolute atomic E-state index is 0.362. The highest BCUT2D eigenvalue weighted by molar-refractivity contribution is 5.88. The lowest BCUT2D eigenvalue weighted by molar-refractivity contribution is 0.0600. The van der Waals surface area contributed by atoms with Gasteiger partial charge in [0.15, 0.2) is 0 Å². The molecule has 4 heteroatoms. The van der Waals surface area contributed by atoms with Gasteiger partial charge in [-0.15, -0.1) is 0 Å². The molecule has 0 saturated heterocycles. The Kier molecular flexibility index (Phi) is 4.71. The number of carbonyl (C=O) groups is 1. The average Bonchev–Trinajstić information content (AvgIpc) is 2.53. The minimum Gasteiger partial charge on any atom is -0.465 e. The molecule has 0 unspecified atom stereocenters. The van der Waals surface area contributed by atoms with Crippen molar-refractivity contribution in [3.63, 3.8) is 0 Å². The van der Waals surface area contributed by atoms with E-state index in [1.807, 2.05) is 24.3 Å². The third kappa shape index (κ3) is 3.35. The molecule has 0 aliphatic carbocycles.